The van der Waals surface area contributed by atoms with Crippen molar-refractivity contribution in [3.8, 4) is 0 Å². The predicted octanol–water partition coefficient (Wildman–Crippen LogP) is 4.87. The Morgan fingerprint density at radius 2 is 1.61 bits per heavy atom. The van der Waals surface area contributed by atoms with Crippen molar-refractivity contribution in [2.24, 2.45) is 0 Å². The van der Waals surface area contributed by atoms with E-state index in [0.717, 1.165) is 21.0 Å². The number of rotatable bonds is 5. The summed E-state index contributed by atoms with van der Waals surface area (Å²) in [6.07, 6.45) is 0. The van der Waals surface area contributed by atoms with Gasteiger partial charge in [-0.1, -0.05) is 82.8 Å². The topological polar surface area (TPSA) is 42.9 Å². The van der Waals surface area contributed by atoms with Gasteiger partial charge >= 0.3 is 0 Å². The summed E-state index contributed by atoms with van der Waals surface area (Å²) < 4.78 is 0.802. The smallest absolute Gasteiger partial charge is 0.180 e. The molecule has 0 saturated carbocycles. The fraction of sp³-hybridized carbons (Fsp3) is 0.167. The molecule has 0 bridgehead atoms. The fourth-order valence-electron chi connectivity index (χ4n) is 2.20. The Kier molecular flexibility index (Phi) is 4.88. The van der Waals surface area contributed by atoms with E-state index in [4.69, 9.17) is 0 Å². The Morgan fingerprint density at radius 3 is 2.17 bits per heavy atom. The van der Waals surface area contributed by atoms with Crippen molar-refractivity contribution in [2.75, 3.05) is 0 Å². The van der Waals surface area contributed by atoms with Crippen molar-refractivity contribution in [1.29, 1.82) is 0 Å². The standard InChI is InChI=1S/C18H16N2OS2/c1-12-3-7-14(8-4-12)16(21)17(23-18-20-19-11-22-18)15-9-5-13(2)6-10-15/h3-11,17H,1-2H3/t17-/m0/s1. The van der Waals surface area contributed by atoms with E-state index in [1.54, 1.807) is 5.51 Å². The summed E-state index contributed by atoms with van der Waals surface area (Å²) in [6.45, 7) is 4.06. The number of ketones is 1. The van der Waals surface area contributed by atoms with Crippen LogP contribution in [0.5, 0.6) is 0 Å². The minimum Gasteiger partial charge on any atom is -0.293 e. The maximum atomic E-state index is 13.0. The van der Waals surface area contributed by atoms with Gasteiger partial charge in [0.25, 0.3) is 0 Å². The second kappa shape index (κ2) is 7.06. The fourth-order valence-corrected chi connectivity index (χ4v) is 3.95. The van der Waals surface area contributed by atoms with Gasteiger partial charge in [-0.25, -0.2) is 0 Å². The molecular formula is C18H16N2OS2. The number of carbonyl (C=O) groups excluding carboxylic acids is 1. The zero-order valence-electron chi connectivity index (χ0n) is 12.9. The number of carbonyl (C=O) groups is 1. The quantitative estimate of drug-likeness (QED) is 0.491. The number of thioether (sulfide) groups is 1. The van der Waals surface area contributed by atoms with Gasteiger partial charge in [0.15, 0.2) is 10.1 Å². The minimum absolute atomic E-state index is 0.0917. The van der Waals surface area contributed by atoms with Crippen molar-refractivity contribution >= 4 is 28.9 Å². The lowest BCUT2D eigenvalue weighted by Gasteiger charge is -2.15. The van der Waals surface area contributed by atoms with Crippen LogP contribution in [0.1, 0.15) is 32.3 Å². The van der Waals surface area contributed by atoms with Gasteiger partial charge in [-0.15, -0.1) is 10.2 Å². The summed E-state index contributed by atoms with van der Waals surface area (Å²) in [6, 6.07) is 15.8. The van der Waals surface area contributed by atoms with Crippen LogP contribution >= 0.6 is 23.1 Å². The third-order valence-corrected chi connectivity index (χ3v) is 5.58. The van der Waals surface area contributed by atoms with Crippen LogP contribution in [0.15, 0.2) is 58.4 Å². The zero-order chi connectivity index (χ0) is 16.2. The second-order valence-corrected chi connectivity index (χ2v) is 7.53. The van der Waals surface area contributed by atoms with Gasteiger partial charge in [-0.05, 0) is 19.4 Å². The molecule has 1 atom stereocenters. The molecular weight excluding hydrogens is 324 g/mol. The molecule has 1 heterocycles. The Balaban J connectivity index is 1.95. The first kappa shape index (κ1) is 15.9. The molecule has 0 aliphatic heterocycles. The monoisotopic (exact) mass is 340 g/mol. The Morgan fingerprint density at radius 1 is 1.00 bits per heavy atom. The number of aryl methyl sites for hydroxylation is 2. The van der Waals surface area contributed by atoms with Crippen LogP contribution in [0.4, 0.5) is 0 Å². The van der Waals surface area contributed by atoms with Crippen molar-refractivity contribution in [3.05, 3.63) is 76.3 Å². The van der Waals surface area contributed by atoms with Crippen LogP contribution in [-0.4, -0.2) is 16.0 Å². The number of benzene rings is 2. The lowest BCUT2D eigenvalue weighted by atomic mass is 10.0. The van der Waals surface area contributed by atoms with E-state index in [9.17, 15) is 4.79 Å². The highest BCUT2D eigenvalue weighted by atomic mass is 32.2. The first-order valence-corrected chi connectivity index (χ1v) is 8.99. The maximum absolute atomic E-state index is 13.0. The van der Waals surface area contributed by atoms with Crippen LogP contribution < -0.4 is 0 Å². The van der Waals surface area contributed by atoms with Gasteiger partial charge in [0.1, 0.15) is 5.51 Å². The molecule has 0 aliphatic carbocycles. The number of hydrogen-bond acceptors (Lipinski definition) is 5. The van der Waals surface area contributed by atoms with E-state index in [1.165, 1.54) is 28.7 Å². The molecule has 0 unspecified atom stereocenters. The second-order valence-electron chi connectivity index (χ2n) is 5.34. The summed E-state index contributed by atoms with van der Waals surface area (Å²) in [7, 11) is 0. The van der Waals surface area contributed by atoms with Gasteiger partial charge in [0.05, 0.1) is 5.25 Å². The van der Waals surface area contributed by atoms with Crippen LogP contribution in [-0.2, 0) is 0 Å². The van der Waals surface area contributed by atoms with Gasteiger partial charge in [-0.2, -0.15) is 0 Å². The molecule has 23 heavy (non-hydrogen) atoms. The third kappa shape index (κ3) is 3.86. The largest absolute Gasteiger partial charge is 0.293 e. The van der Waals surface area contributed by atoms with Crippen LogP contribution in [0, 0.1) is 13.8 Å². The molecule has 0 spiro atoms. The van der Waals surface area contributed by atoms with Crippen molar-refractivity contribution in [1.82, 2.24) is 10.2 Å². The van der Waals surface area contributed by atoms with E-state index in [1.807, 2.05) is 62.4 Å². The van der Waals surface area contributed by atoms with Crippen LogP contribution in [0.2, 0.25) is 0 Å². The van der Waals surface area contributed by atoms with Gasteiger partial charge in [0, 0.05) is 5.56 Å². The molecule has 0 radical (unpaired) electrons. The van der Waals surface area contributed by atoms with Gasteiger partial charge in [-0.3, -0.25) is 4.79 Å². The van der Waals surface area contributed by atoms with Crippen LogP contribution in [0.3, 0.4) is 0 Å². The van der Waals surface area contributed by atoms with E-state index >= 15 is 0 Å². The average molecular weight is 340 g/mol. The molecule has 3 aromatic rings. The SMILES string of the molecule is Cc1ccc(C(=O)[C@@H](Sc2nncs2)c2ccc(C)cc2)cc1. The molecule has 2 aromatic carbocycles. The molecule has 5 heteroatoms. The number of hydrogen-bond donors (Lipinski definition) is 0. The third-order valence-electron chi connectivity index (χ3n) is 3.51. The highest BCUT2D eigenvalue weighted by Gasteiger charge is 2.24. The maximum Gasteiger partial charge on any atom is 0.180 e. The summed E-state index contributed by atoms with van der Waals surface area (Å²) >= 11 is 2.91. The molecule has 3 rings (SSSR count). The number of Topliss-reactive ketones (excluding diaryl/α,β-unsaturated/α-hetero) is 1. The Bertz CT molecular complexity index is 781. The van der Waals surface area contributed by atoms with Gasteiger partial charge < -0.3 is 0 Å². The van der Waals surface area contributed by atoms with E-state index in [-0.39, 0.29) is 11.0 Å². The molecule has 3 nitrogen and oxygen atoms in total. The molecule has 1 aromatic heterocycles. The molecule has 0 N–H and O–H groups in total. The lowest BCUT2D eigenvalue weighted by molar-refractivity contribution is 0.0989. The first-order valence-electron chi connectivity index (χ1n) is 7.24. The number of aromatic nitrogens is 2. The average Bonchev–Trinajstić information content (AvgIpc) is 3.07. The Labute approximate surface area is 143 Å². The molecule has 116 valence electrons. The van der Waals surface area contributed by atoms with E-state index in [0.29, 0.717) is 0 Å². The summed E-state index contributed by atoms with van der Waals surface area (Å²) in [5.41, 5.74) is 5.71. The summed E-state index contributed by atoms with van der Waals surface area (Å²) in [5.74, 6) is 0.0917. The van der Waals surface area contributed by atoms with Crippen LogP contribution in [0.25, 0.3) is 0 Å². The lowest BCUT2D eigenvalue weighted by Crippen LogP contribution is -2.10. The molecule has 0 amide bonds. The zero-order valence-corrected chi connectivity index (χ0v) is 14.5. The normalized spacial score (nSPS) is 12.1. The van der Waals surface area contributed by atoms with Crippen molar-refractivity contribution in [2.45, 2.75) is 23.4 Å². The molecule has 0 saturated heterocycles. The summed E-state index contributed by atoms with van der Waals surface area (Å²) in [5, 5.41) is 7.62. The van der Waals surface area contributed by atoms with E-state index in [2.05, 4.69) is 10.2 Å². The highest BCUT2D eigenvalue weighted by Crippen LogP contribution is 2.38. The predicted molar refractivity (Wildman–Crippen MR) is 95.2 cm³/mol. The summed E-state index contributed by atoms with van der Waals surface area (Å²) in [4.78, 5) is 13.0. The molecule has 0 aliphatic rings. The minimum atomic E-state index is -0.314. The first-order chi connectivity index (χ1) is 11.1. The Hall–Kier alpha value is -1.98. The van der Waals surface area contributed by atoms with E-state index < -0.39 is 0 Å². The number of nitrogens with zero attached hydrogens (tertiary/aromatic N) is 2. The molecule has 0 fully saturated rings. The highest BCUT2D eigenvalue weighted by molar-refractivity contribution is 8.01. The van der Waals surface area contributed by atoms with Crippen molar-refractivity contribution < 1.29 is 4.79 Å². The van der Waals surface area contributed by atoms with Crippen molar-refractivity contribution in [3.63, 3.8) is 0 Å². The van der Waals surface area contributed by atoms with Gasteiger partial charge in [0.2, 0.25) is 0 Å².